The van der Waals surface area contributed by atoms with Gasteiger partial charge < -0.3 is 10.3 Å². The topological polar surface area (TPSA) is 60.0 Å². The molecule has 1 aromatic heterocycles. The fourth-order valence-electron chi connectivity index (χ4n) is 3.07. The van der Waals surface area contributed by atoms with Crippen LogP contribution in [0.2, 0.25) is 0 Å². The second-order valence-corrected chi connectivity index (χ2v) is 5.38. The monoisotopic (exact) mass is 235 g/mol. The lowest BCUT2D eigenvalue weighted by atomic mass is 9.84. The standard InChI is InChI=1S/C12H21N5/c13-11-4-2-1-3-10(11)7-16-5-6-17-9-14-15-12(17)8-16/h9-11H,1-8,13H2. The summed E-state index contributed by atoms with van der Waals surface area (Å²) in [4.78, 5) is 2.49. The molecule has 5 nitrogen and oxygen atoms in total. The number of aromatic nitrogens is 3. The van der Waals surface area contributed by atoms with E-state index in [1.54, 1.807) is 0 Å². The van der Waals surface area contributed by atoms with Crippen LogP contribution in [0.4, 0.5) is 0 Å². The Bertz CT molecular complexity index is 375. The summed E-state index contributed by atoms with van der Waals surface area (Å²) >= 11 is 0. The number of hydrogen-bond acceptors (Lipinski definition) is 4. The van der Waals surface area contributed by atoms with Crippen molar-refractivity contribution in [2.24, 2.45) is 11.7 Å². The number of rotatable bonds is 2. The molecule has 1 aliphatic carbocycles. The SMILES string of the molecule is NC1CCCCC1CN1CCn2cnnc2C1. The van der Waals surface area contributed by atoms with Gasteiger partial charge in [-0.2, -0.15) is 0 Å². The van der Waals surface area contributed by atoms with Crippen LogP contribution in [0.25, 0.3) is 0 Å². The summed E-state index contributed by atoms with van der Waals surface area (Å²) < 4.78 is 2.15. The second kappa shape index (κ2) is 4.74. The summed E-state index contributed by atoms with van der Waals surface area (Å²) in [6, 6.07) is 0.406. The van der Waals surface area contributed by atoms with Crippen LogP contribution in [0.15, 0.2) is 6.33 Å². The first-order valence-electron chi connectivity index (χ1n) is 6.67. The van der Waals surface area contributed by atoms with Gasteiger partial charge in [-0.05, 0) is 18.8 Å². The molecule has 0 amide bonds. The molecule has 2 N–H and O–H groups in total. The first kappa shape index (κ1) is 11.2. The van der Waals surface area contributed by atoms with Gasteiger partial charge in [0.05, 0.1) is 6.54 Å². The summed E-state index contributed by atoms with van der Waals surface area (Å²) in [7, 11) is 0. The number of nitrogens with zero attached hydrogens (tertiary/aromatic N) is 4. The summed E-state index contributed by atoms with van der Waals surface area (Å²) in [6.45, 7) is 4.19. The van der Waals surface area contributed by atoms with Crippen LogP contribution < -0.4 is 5.73 Å². The van der Waals surface area contributed by atoms with Gasteiger partial charge in [0.2, 0.25) is 0 Å². The smallest absolute Gasteiger partial charge is 0.147 e. The van der Waals surface area contributed by atoms with Crippen molar-refractivity contribution in [1.29, 1.82) is 0 Å². The Morgan fingerprint density at radius 2 is 2.18 bits per heavy atom. The van der Waals surface area contributed by atoms with E-state index < -0.39 is 0 Å². The van der Waals surface area contributed by atoms with Gasteiger partial charge in [-0.3, -0.25) is 4.90 Å². The van der Waals surface area contributed by atoms with Crippen molar-refractivity contribution in [3.63, 3.8) is 0 Å². The largest absolute Gasteiger partial charge is 0.327 e. The molecule has 0 bridgehead atoms. The minimum atomic E-state index is 0.406. The highest BCUT2D eigenvalue weighted by molar-refractivity contribution is 4.91. The molecule has 17 heavy (non-hydrogen) atoms. The van der Waals surface area contributed by atoms with Gasteiger partial charge in [0.25, 0.3) is 0 Å². The lowest BCUT2D eigenvalue weighted by Gasteiger charge is -2.35. The molecule has 2 atom stereocenters. The fourth-order valence-corrected chi connectivity index (χ4v) is 3.07. The van der Waals surface area contributed by atoms with Crippen LogP contribution in [0.5, 0.6) is 0 Å². The van der Waals surface area contributed by atoms with E-state index in [1.165, 1.54) is 25.7 Å². The van der Waals surface area contributed by atoms with E-state index in [0.717, 1.165) is 32.0 Å². The van der Waals surface area contributed by atoms with Crippen molar-refractivity contribution < 1.29 is 0 Å². The highest BCUT2D eigenvalue weighted by Gasteiger charge is 2.26. The predicted octanol–water partition coefficient (Wildman–Crippen LogP) is 0.611. The Morgan fingerprint density at radius 3 is 3.06 bits per heavy atom. The minimum absolute atomic E-state index is 0.406. The normalized spacial score (nSPS) is 30.2. The lowest BCUT2D eigenvalue weighted by molar-refractivity contribution is 0.153. The molecule has 94 valence electrons. The van der Waals surface area contributed by atoms with Crippen LogP contribution in [0.1, 0.15) is 31.5 Å². The molecule has 2 aliphatic rings. The zero-order valence-corrected chi connectivity index (χ0v) is 10.3. The van der Waals surface area contributed by atoms with Crippen LogP contribution >= 0.6 is 0 Å². The predicted molar refractivity (Wildman–Crippen MR) is 65.2 cm³/mol. The fraction of sp³-hybridized carbons (Fsp3) is 0.833. The highest BCUT2D eigenvalue weighted by Crippen LogP contribution is 2.24. The number of hydrogen-bond donors (Lipinski definition) is 1. The van der Waals surface area contributed by atoms with Crippen LogP contribution in [0.3, 0.4) is 0 Å². The Morgan fingerprint density at radius 1 is 1.29 bits per heavy atom. The van der Waals surface area contributed by atoms with E-state index in [0.29, 0.717) is 12.0 Å². The zero-order valence-electron chi connectivity index (χ0n) is 10.3. The Hall–Kier alpha value is -0.940. The number of fused-ring (bicyclic) bond motifs is 1. The summed E-state index contributed by atoms with van der Waals surface area (Å²) in [5.74, 6) is 1.78. The molecule has 2 heterocycles. The molecule has 1 saturated carbocycles. The average molecular weight is 235 g/mol. The Balaban J connectivity index is 1.60. The van der Waals surface area contributed by atoms with E-state index in [2.05, 4.69) is 19.7 Å². The van der Waals surface area contributed by atoms with Crippen LogP contribution in [-0.4, -0.2) is 38.8 Å². The minimum Gasteiger partial charge on any atom is -0.327 e. The average Bonchev–Trinajstić information content (AvgIpc) is 2.79. The summed E-state index contributed by atoms with van der Waals surface area (Å²) in [5.41, 5.74) is 6.21. The third-order valence-corrected chi connectivity index (χ3v) is 4.18. The molecule has 1 aromatic rings. The second-order valence-electron chi connectivity index (χ2n) is 5.38. The molecule has 0 aromatic carbocycles. The molecular formula is C12H21N5. The Labute approximate surface area is 102 Å². The summed E-state index contributed by atoms with van der Waals surface area (Å²) in [6.07, 6.45) is 6.99. The quantitative estimate of drug-likeness (QED) is 0.816. The van der Waals surface area contributed by atoms with Crippen molar-refractivity contribution in [1.82, 2.24) is 19.7 Å². The molecule has 3 rings (SSSR count). The third kappa shape index (κ3) is 2.35. The molecule has 2 unspecified atom stereocenters. The van der Waals surface area contributed by atoms with E-state index >= 15 is 0 Å². The van der Waals surface area contributed by atoms with Crippen molar-refractivity contribution >= 4 is 0 Å². The first-order valence-corrected chi connectivity index (χ1v) is 6.67. The molecule has 5 heteroatoms. The number of nitrogens with two attached hydrogens (primary N) is 1. The molecular weight excluding hydrogens is 214 g/mol. The third-order valence-electron chi connectivity index (χ3n) is 4.18. The Kier molecular flexibility index (Phi) is 3.11. The molecule has 1 aliphatic heterocycles. The zero-order chi connectivity index (χ0) is 11.7. The van der Waals surface area contributed by atoms with E-state index in [4.69, 9.17) is 5.73 Å². The van der Waals surface area contributed by atoms with Crippen molar-refractivity contribution in [3.05, 3.63) is 12.2 Å². The molecule has 0 saturated heterocycles. The van der Waals surface area contributed by atoms with Gasteiger partial charge in [-0.1, -0.05) is 12.8 Å². The maximum Gasteiger partial charge on any atom is 0.147 e. The first-order chi connectivity index (χ1) is 8.33. The highest BCUT2D eigenvalue weighted by atomic mass is 15.3. The van der Waals surface area contributed by atoms with Gasteiger partial charge >= 0.3 is 0 Å². The van der Waals surface area contributed by atoms with Gasteiger partial charge in [-0.15, -0.1) is 10.2 Å². The van der Waals surface area contributed by atoms with E-state index in [1.807, 2.05) is 6.33 Å². The van der Waals surface area contributed by atoms with Gasteiger partial charge in [-0.25, -0.2) is 0 Å². The molecule has 0 spiro atoms. The lowest BCUT2D eigenvalue weighted by Crippen LogP contribution is -2.43. The van der Waals surface area contributed by atoms with Crippen molar-refractivity contribution in [2.75, 3.05) is 13.1 Å². The van der Waals surface area contributed by atoms with Crippen LogP contribution in [-0.2, 0) is 13.1 Å². The maximum absolute atomic E-state index is 6.21. The van der Waals surface area contributed by atoms with Gasteiger partial charge in [0.15, 0.2) is 0 Å². The summed E-state index contributed by atoms with van der Waals surface area (Å²) in [5, 5.41) is 8.12. The van der Waals surface area contributed by atoms with Crippen LogP contribution in [0, 0.1) is 5.92 Å². The molecule has 0 radical (unpaired) electrons. The van der Waals surface area contributed by atoms with Gasteiger partial charge in [0.1, 0.15) is 12.2 Å². The van der Waals surface area contributed by atoms with Gasteiger partial charge in [0, 0.05) is 25.7 Å². The van der Waals surface area contributed by atoms with Crippen molar-refractivity contribution in [2.45, 2.75) is 44.8 Å². The maximum atomic E-state index is 6.21. The van der Waals surface area contributed by atoms with E-state index in [-0.39, 0.29) is 0 Å². The molecule has 1 fully saturated rings. The van der Waals surface area contributed by atoms with E-state index in [9.17, 15) is 0 Å². The van der Waals surface area contributed by atoms with Crippen molar-refractivity contribution in [3.8, 4) is 0 Å².